The van der Waals surface area contributed by atoms with Crippen molar-refractivity contribution in [2.45, 2.75) is 26.8 Å². The largest absolute Gasteiger partial charge is 0.469 e. The van der Waals surface area contributed by atoms with Crippen molar-refractivity contribution in [3.63, 3.8) is 0 Å². The first-order valence-electron chi connectivity index (χ1n) is 8.39. The molecule has 3 aromatic rings. The summed E-state index contributed by atoms with van der Waals surface area (Å²) < 4.78 is 24.5. The molecule has 5 nitrogen and oxygen atoms in total. The molecule has 0 unspecified atom stereocenters. The Morgan fingerprint density at radius 2 is 2.08 bits per heavy atom. The Kier molecular flexibility index (Phi) is 7.50. The zero-order chi connectivity index (χ0) is 17.6. The van der Waals surface area contributed by atoms with Gasteiger partial charge < -0.3 is 19.5 Å². The standard InChI is InChI=1S/C19H22FN3O2.HI/c1-3-21-19(22-9-8-15-5-4-10-24-15)23-12-18-13(2)16-11-14(20)6-7-17(16)25-18;/h4-7,10-11H,3,8-9,12H2,1-2H3,(H2,21,22,23);1H. The van der Waals surface area contributed by atoms with Crippen LogP contribution in [0.4, 0.5) is 4.39 Å². The molecule has 26 heavy (non-hydrogen) atoms. The summed E-state index contributed by atoms with van der Waals surface area (Å²) in [6.45, 7) is 5.80. The molecule has 0 fully saturated rings. The molecule has 0 spiro atoms. The second-order valence-corrected chi connectivity index (χ2v) is 5.74. The lowest BCUT2D eigenvalue weighted by Gasteiger charge is -2.10. The molecular formula is C19H23FIN3O2. The van der Waals surface area contributed by atoms with Gasteiger partial charge in [-0.15, -0.1) is 24.0 Å². The van der Waals surface area contributed by atoms with Crippen molar-refractivity contribution < 1.29 is 13.2 Å². The number of furan rings is 2. The van der Waals surface area contributed by atoms with E-state index in [9.17, 15) is 4.39 Å². The van der Waals surface area contributed by atoms with E-state index < -0.39 is 0 Å². The fourth-order valence-corrected chi connectivity index (χ4v) is 2.65. The van der Waals surface area contributed by atoms with E-state index in [1.54, 1.807) is 12.3 Å². The van der Waals surface area contributed by atoms with Gasteiger partial charge in [-0.3, -0.25) is 0 Å². The maximum atomic E-state index is 13.4. The van der Waals surface area contributed by atoms with E-state index in [4.69, 9.17) is 8.83 Å². The number of halogens is 2. The van der Waals surface area contributed by atoms with Crippen molar-refractivity contribution in [2.24, 2.45) is 4.99 Å². The second kappa shape index (κ2) is 9.61. The first-order chi connectivity index (χ1) is 12.2. The third-order valence-electron chi connectivity index (χ3n) is 3.97. The lowest BCUT2D eigenvalue weighted by atomic mass is 10.1. The number of aryl methyl sites for hydroxylation is 1. The molecule has 0 aliphatic carbocycles. The molecule has 2 N–H and O–H groups in total. The zero-order valence-electron chi connectivity index (χ0n) is 14.8. The van der Waals surface area contributed by atoms with Crippen LogP contribution < -0.4 is 10.6 Å². The summed E-state index contributed by atoms with van der Waals surface area (Å²) in [5.41, 5.74) is 1.60. The van der Waals surface area contributed by atoms with Gasteiger partial charge >= 0.3 is 0 Å². The molecule has 140 valence electrons. The molecule has 2 aromatic heterocycles. The summed E-state index contributed by atoms with van der Waals surface area (Å²) in [7, 11) is 0. The predicted molar refractivity (Wildman–Crippen MR) is 112 cm³/mol. The van der Waals surface area contributed by atoms with Gasteiger partial charge in [0.1, 0.15) is 29.5 Å². The van der Waals surface area contributed by atoms with Crippen molar-refractivity contribution in [1.82, 2.24) is 10.6 Å². The minimum atomic E-state index is -0.264. The first kappa shape index (κ1) is 20.3. The van der Waals surface area contributed by atoms with Gasteiger partial charge in [0.15, 0.2) is 5.96 Å². The molecule has 0 saturated heterocycles. The highest BCUT2D eigenvalue weighted by atomic mass is 127. The summed E-state index contributed by atoms with van der Waals surface area (Å²) in [5, 5.41) is 7.26. The maximum absolute atomic E-state index is 13.4. The van der Waals surface area contributed by atoms with E-state index in [0.29, 0.717) is 24.6 Å². The molecule has 7 heteroatoms. The van der Waals surface area contributed by atoms with Crippen LogP contribution in [0.2, 0.25) is 0 Å². The Balaban J connectivity index is 0.00000243. The molecule has 0 saturated carbocycles. The van der Waals surface area contributed by atoms with E-state index in [-0.39, 0.29) is 29.8 Å². The van der Waals surface area contributed by atoms with Crippen LogP contribution in [0.3, 0.4) is 0 Å². The van der Waals surface area contributed by atoms with Crippen LogP contribution in [-0.4, -0.2) is 19.0 Å². The van der Waals surface area contributed by atoms with E-state index in [1.165, 1.54) is 12.1 Å². The molecule has 0 aliphatic heterocycles. The van der Waals surface area contributed by atoms with Gasteiger partial charge in [0, 0.05) is 30.5 Å². The Hall–Kier alpha value is -2.03. The van der Waals surface area contributed by atoms with Gasteiger partial charge in [0.05, 0.1) is 6.26 Å². The monoisotopic (exact) mass is 471 g/mol. The average molecular weight is 471 g/mol. The molecule has 0 radical (unpaired) electrons. The van der Waals surface area contributed by atoms with Crippen LogP contribution in [-0.2, 0) is 13.0 Å². The van der Waals surface area contributed by atoms with Crippen LogP contribution in [0.5, 0.6) is 0 Å². The fourth-order valence-electron chi connectivity index (χ4n) is 2.65. The van der Waals surface area contributed by atoms with Crippen LogP contribution in [0.15, 0.2) is 50.4 Å². The molecule has 2 heterocycles. The lowest BCUT2D eigenvalue weighted by Crippen LogP contribution is -2.38. The smallest absolute Gasteiger partial charge is 0.191 e. The lowest BCUT2D eigenvalue weighted by molar-refractivity contribution is 0.506. The minimum absolute atomic E-state index is 0. The number of nitrogens with zero attached hydrogens (tertiary/aromatic N) is 1. The zero-order valence-corrected chi connectivity index (χ0v) is 17.2. The van der Waals surface area contributed by atoms with Gasteiger partial charge in [-0.05, 0) is 44.2 Å². The van der Waals surface area contributed by atoms with Gasteiger partial charge in [0.25, 0.3) is 0 Å². The molecule has 0 atom stereocenters. The molecule has 3 rings (SSSR count). The molecule has 0 amide bonds. The summed E-state index contributed by atoms with van der Waals surface area (Å²) in [5.74, 6) is 2.11. The number of fused-ring (bicyclic) bond motifs is 1. The van der Waals surface area contributed by atoms with Crippen molar-refractivity contribution in [1.29, 1.82) is 0 Å². The van der Waals surface area contributed by atoms with E-state index >= 15 is 0 Å². The Morgan fingerprint density at radius 1 is 1.23 bits per heavy atom. The van der Waals surface area contributed by atoms with Crippen molar-refractivity contribution >= 4 is 40.9 Å². The number of hydrogen-bond donors (Lipinski definition) is 2. The Morgan fingerprint density at radius 3 is 2.81 bits per heavy atom. The van der Waals surface area contributed by atoms with Crippen molar-refractivity contribution in [2.75, 3.05) is 13.1 Å². The Labute approximate surface area is 169 Å². The molecule has 0 bridgehead atoms. The predicted octanol–water partition coefficient (Wildman–Crippen LogP) is 4.39. The molecule has 0 aliphatic rings. The second-order valence-electron chi connectivity index (χ2n) is 5.74. The van der Waals surface area contributed by atoms with Gasteiger partial charge in [-0.2, -0.15) is 0 Å². The quantitative estimate of drug-likeness (QED) is 0.318. The van der Waals surface area contributed by atoms with Gasteiger partial charge in [-0.1, -0.05) is 0 Å². The number of rotatable bonds is 6. The van der Waals surface area contributed by atoms with Gasteiger partial charge in [0.2, 0.25) is 0 Å². The highest BCUT2D eigenvalue weighted by Gasteiger charge is 2.11. The third kappa shape index (κ3) is 5.00. The van der Waals surface area contributed by atoms with E-state index in [0.717, 1.165) is 35.4 Å². The number of aliphatic imine (C=N–C) groups is 1. The SMILES string of the molecule is CCNC(=NCc1oc2ccc(F)cc2c1C)NCCc1ccco1.I. The highest BCUT2D eigenvalue weighted by molar-refractivity contribution is 14.0. The summed E-state index contributed by atoms with van der Waals surface area (Å²) >= 11 is 0. The van der Waals surface area contributed by atoms with Gasteiger partial charge in [-0.25, -0.2) is 9.38 Å². The number of benzene rings is 1. The van der Waals surface area contributed by atoms with Crippen LogP contribution in [0.25, 0.3) is 11.0 Å². The van der Waals surface area contributed by atoms with Crippen molar-refractivity contribution in [3.05, 3.63) is 59.5 Å². The Bertz CT molecular complexity index is 859. The normalized spacial score (nSPS) is 11.4. The molecule has 1 aromatic carbocycles. The maximum Gasteiger partial charge on any atom is 0.191 e. The number of nitrogens with one attached hydrogen (secondary N) is 2. The van der Waals surface area contributed by atoms with E-state index in [1.807, 2.05) is 26.0 Å². The summed E-state index contributed by atoms with van der Waals surface area (Å²) in [6, 6.07) is 8.37. The van der Waals surface area contributed by atoms with E-state index in [2.05, 4.69) is 15.6 Å². The average Bonchev–Trinajstić information content (AvgIpc) is 3.22. The first-order valence-corrected chi connectivity index (χ1v) is 8.39. The topological polar surface area (TPSA) is 62.7 Å². The minimum Gasteiger partial charge on any atom is -0.469 e. The van der Waals surface area contributed by atoms with Crippen LogP contribution >= 0.6 is 24.0 Å². The van der Waals surface area contributed by atoms with Crippen molar-refractivity contribution in [3.8, 4) is 0 Å². The van der Waals surface area contributed by atoms with Crippen LogP contribution in [0.1, 0.15) is 24.0 Å². The molecular weight excluding hydrogens is 448 g/mol. The summed E-state index contributed by atoms with van der Waals surface area (Å²) in [4.78, 5) is 4.56. The fraction of sp³-hybridized carbons (Fsp3) is 0.316. The number of hydrogen-bond acceptors (Lipinski definition) is 3. The highest BCUT2D eigenvalue weighted by Crippen LogP contribution is 2.26. The van der Waals surface area contributed by atoms with Crippen LogP contribution in [0, 0.1) is 12.7 Å². The summed E-state index contributed by atoms with van der Waals surface area (Å²) in [6.07, 6.45) is 2.45. The third-order valence-corrected chi connectivity index (χ3v) is 3.97. The number of guanidine groups is 1.